The molecule has 0 unspecified atom stereocenters. The quantitative estimate of drug-likeness (QED) is 0.513. The van der Waals surface area contributed by atoms with Gasteiger partial charge < -0.3 is 21.0 Å². The molecule has 5 N–H and O–H groups in total. The van der Waals surface area contributed by atoms with E-state index in [-0.39, 0.29) is 11.8 Å². The van der Waals surface area contributed by atoms with Crippen molar-refractivity contribution in [2.45, 2.75) is 26.7 Å². The highest BCUT2D eigenvalue weighted by Gasteiger charge is 2.25. The lowest BCUT2D eigenvalue weighted by Crippen LogP contribution is -2.39. The maximum Gasteiger partial charge on any atom is 0.228 e. The standard InChI is InChI=1S/C22H32N6O/c1-15(2)14-28-8-6-16(7-9-28)22(29)26-21-11-19-10-17(20(12-23)27(3)24)4-5-18(19)13-25-21/h4-5,10-13,15-16H,6-9,14,23-24H2,1-3H3,(H,25,26,29)/b20-12-. The summed E-state index contributed by atoms with van der Waals surface area (Å²) in [6.45, 7) is 7.51. The van der Waals surface area contributed by atoms with E-state index in [0.29, 0.717) is 11.7 Å². The average molecular weight is 397 g/mol. The molecule has 0 atom stereocenters. The third-order valence-corrected chi connectivity index (χ3v) is 5.39. The van der Waals surface area contributed by atoms with Gasteiger partial charge in [0, 0.05) is 42.9 Å². The molecule has 2 heterocycles. The molecule has 1 amide bonds. The van der Waals surface area contributed by atoms with E-state index in [1.54, 1.807) is 13.2 Å². The van der Waals surface area contributed by atoms with Crippen LogP contribution in [0.15, 0.2) is 36.7 Å². The highest BCUT2D eigenvalue weighted by Crippen LogP contribution is 2.24. The Bertz CT molecular complexity index is 884. The van der Waals surface area contributed by atoms with Crippen LogP contribution in [0.3, 0.4) is 0 Å². The summed E-state index contributed by atoms with van der Waals surface area (Å²) in [6.07, 6.45) is 5.04. The Morgan fingerprint density at radius 1 is 1.31 bits per heavy atom. The van der Waals surface area contributed by atoms with E-state index in [4.69, 9.17) is 11.6 Å². The van der Waals surface area contributed by atoms with E-state index >= 15 is 0 Å². The zero-order valence-electron chi connectivity index (χ0n) is 17.6. The molecule has 7 heteroatoms. The summed E-state index contributed by atoms with van der Waals surface area (Å²) < 4.78 is 0. The summed E-state index contributed by atoms with van der Waals surface area (Å²) in [5, 5.41) is 6.45. The molecule has 1 saturated heterocycles. The molecule has 0 saturated carbocycles. The van der Waals surface area contributed by atoms with E-state index in [2.05, 4.69) is 29.0 Å². The van der Waals surface area contributed by atoms with Crippen LogP contribution in [0.1, 0.15) is 32.3 Å². The first kappa shape index (κ1) is 21.1. The number of carbonyl (C=O) groups is 1. The van der Waals surface area contributed by atoms with E-state index < -0.39 is 0 Å². The largest absolute Gasteiger partial charge is 0.403 e. The van der Waals surface area contributed by atoms with Crippen molar-refractivity contribution >= 4 is 28.2 Å². The predicted octanol–water partition coefficient (Wildman–Crippen LogP) is 2.60. The van der Waals surface area contributed by atoms with Gasteiger partial charge >= 0.3 is 0 Å². The van der Waals surface area contributed by atoms with Gasteiger partial charge in [0.25, 0.3) is 0 Å². The fourth-order valence-corrected chi connectivity index (χ4v) is 3.91. The number of likely N-dealkylation sites (tertiary alicyclic amines) is 1. The number of aromatic nitrogens is 1. The highest BCUT2D eigenvalue weighted by molar-refractivity contribution is 5.94. The predicted molar refractivity (Wildman–Crippen MR) is 118 cm³/mol. The Labute approximate surface area is 172 Å². The summed E-state index contributed by atoms with van der Waals surface area (Å²) in [4.78, 5) is 19.6. The molecule has 7 nitrogen and oxygen atoms in total. The third-order valence-electron chi connectivity index (χ3n) is 5.39. The molecule has 3 rings (SSSR count). The van der Waals surface area contributed by atoms with E-state index in [1.165, 1.54) is 11.2 Å². The smallest absolute Gasteiger partial charge is 0.228 e. The van der Waals surface area contributed by atoms with Crippen LogP contribution < -0.4 is 16.9 Å². The van der Waals surface area contributed by atoms with Crippen molar-refractivity contribution in [2.24, 2.45) is 23.4 Å². The number of piperidine rings is 1. The number of benzene rings is 1. The van der Waals surface area contributed by atoms with Gasteiger partial charge in [0.15, 0.2) is 0 Å². The molecular formula is C22H32N6O. The van der Waals surface area contributed by atoms with Crippen LogP contribution in [0.5, 0.6) is 0 Å². The van der Waals surface area contributed by atoms with Crippen molar-refractivity contribution in [1.29, 1.82) is 0 Å². The summed E-state index contributed by atoms with van der Waals surface area (Å²) in [5.74, 6) is 7.17. The van der Waals surface area contributed by atoms with Crippen molar-refractivity contribution in [2.75, 3.05) is 32.0 Å². The van der Waals surface area contributed by atoms with E-state index in [9.17, 15) is 4.79 Å². The molecule has 156 valence electrons. The van der Waals surface area contributed by atoms with Crippen LogP contribution in [-0.4, -0.2) is 47.5 Å². The summed E-state index contributed by atoms with van der Waals surface area (Å²) in [6, 6.07) is 7.82. The van der Waals surface area contributed by atoms with Crippen LogP contribution in [0.2, 0.25) is 0 Å². The molecule has 1 aliphatic heterocycles. The zero-order valence-corrected chi connectivity index (χ0v) is 17.6. The van der Waals surface area contributed by atoms with Gasteiger partial charge in [0.1, 0.15) is 5.82 Å². The number of rotatable bonds is 6. The maximum atomic E-state index is 12.7. The number of anilines is 1. The molecule has 2 aromatic rings. The molecule has 29 heavy (non-hydrogen) atoms. The number of fused-ring (bicyclic) bond motifs is 1. The Morgan fingerprint density at radius 2 is 2.03 bits per heavy atom. The number of pyridine rings is 1. The minimum Gasteiger partial charge on any atom is -0.403 e. The lowest BCUT2D eigenvalue weighted by Gasteiger charge is -2.32. The minimum absolute atomic E-state index is 0.0416. The number of nitrogens with one attached hydrogen (secondary N) is 1. The molecule has 1 aromatic carbocycles. The van der Waals surface area contributed by atoms with Crippen LogP contribution in [0.4, 0.5) is 5.82 Å². The molecule has 1 aromatic heterocycles. The van der Waals surface area contributed by atoms with Gasteiger partial charge in [-0.1, -0.05) is 26.0 Å². The third kappa shape index (κ3) is 5.25. The fraction of sp³-hybridized carbons (Fsp3) is 0.455. The number of hydrogen-bond acceptors (Lipinski definition) is 6. The number of nitrogens with zero attached hydrogens (tertiary/aromatic N) is 3. The van der Waals surface area contributed by atoms with E-state index in [1.807, 2.05) is 24.3 Å². The van der Waals surface area contributed by atoms with Crippen LogP contribution >= 0.6 is 0 Å². The topological polar surface area (TPSA) is 101 Å². The lowest BCUT2D eigenvalue weighted by atomic mass is 9.95. The number of amides is 1. The highest BCUT2D eigenvalue weighted by atomic mass is 16.1. The summed E-state index contributed by atoms with van der Waals surface area (Å²) in [5.41, 5.74) is 7.34. The van der Waals surface area contributed by atoms with Crippen molar-refractivity contribution in [3.63, 3.8) is 0 Å². The van der Waals surface area contributed by atoms with Gasteiger partial charge in [0.05, 0.1) is 5.70 Å². The first-order valence-corrected chi connectivity index (χ1v) is 10.2. The Kier molecular flexibility index (Phi) is 6.71. The van der Waals surface area contributed by atoms with Crippen molar-refractivity contribution in [3.8, 4) is 0 Å². The van der Waals surface area contributed by atoms with Gasteiger partial charge in [0.2, 0.25) is 5.91 Å². The minimum atomic E-state index is 0.0416. The Morgan fingerprint density at radius 3 is 2.66 bits per heavy atom. The zero-order chi connectivity index (χ0) is 21.0. The second kappa shape index (κ2) is 9.24. The second-order valence-electron chi connectivity index (χ2n) is 8.25. The molecule has 0 bridgehead atoms. The first-order chi connectivity index (χ1) is 13.9. The Hall–Kier alpha value is -2.64. The van der Waals surface area contributed by atoms with Crippen molar-refractivity contribution in [1.82, 2.24) is 14.9 Å². The van der Waals surface area contributed by atoms with Gasteiger partial charge in [-0.25, -0.2) is 10.8 Å². The molecule has 1 fully saturated rings. The molecular weight excluding hydrogens is 364 g/mol. The summed E-state index contributed by atoms with van der Waals surface area (Å²) >= 11 is 0. The Balaban J connectivity index is 1.69. The van der Waals surface area contributed by atoms with Gasteiger partial charge in [-0.3, -0.25) is 4.79 Å². The maximum absolute atomic E-state index is 12.7. The number of nitrogens with two attached hydrogens (primary N) is 2. The molecule has 0 radical (unpaired) electrons. The van der Waals surface area contributed by atoms with Gasteiger partial charge in [-0.15, -0.1) is 0 Å². The summed E-state index contributed by atoms with van der Waals surface area (Å²) in [7, 11) is 1.74. The lowest BCUT2D eigenvalue weighted by molar-refractivity contribution is -0.121. The van der Waals surface area contributed by atoms with Crippen LogP contribution in [-0.2, 0) is 4.79 Å². The number of hydrazine groups is 1. The SMILES string of the molecule is CC(C)CN1CCC(C(=O)Nc2cc3cc(/C(=C/N)N(C)N)ccc3cn2)CC1. The average Bonchev–Trinajstić information content (AvgIpc) is 2.68. The number of hydrogen-bond donors (Lipinski definition) is 3. The van der Waals surface area contributed by atoms with Crippen molar-refractivity contribution in [3.05, 3.63) is 42.2 Å². The number of carbonyl (C=O) groups excluding carboxylic acids is 1. The monoisotopic (exact) mass is 396 g/mol. The molecule has 0 spiro atoms. The van der Waals surface area contributed by atoms with E-state index in [0.717, 1.165) is 54.5 Å². The van der Waals surface area contributed by atoms with Gasteiger partial charge in [-0.2, -0.15) is 0 Å². The molecule has 0 aliphatic carbocycles. The normalized spacial score (nSPS) is 16.4. The van der Waals surface area contributed by atoms with Gasteiger partial charge in [-0.05, 0) is 49.4 Å². The molecule has 1 aliphatic rings. The van der Waals surface area contributed by atoms with Crippen molar-refractivity contribution < 1.29 is 4.79 Å². The van der Waals surface area contributed by atoms with Crippen LogP contribution in [0.25, 0.3) is 16.5 Å². The first-order valence-electron chi connectivity index (χ1n) is 10.2. The van der Waals surface area contributed by atoms with Crippen LogP contribution in [0, 0.1) is 11.8 Å². The second-order valence-corrected chi connectivity index (χ2v) is 8.25. The fourth-order valence-electron chi connectivity index (χ4n) is 3.91.